The van der Waals surface area contributed by atoms with Crippen LogP contribution in [0.3, 0.4) is 0 Å². The standard InChI is InChI=1S/C4H11N3O2/c5-1-3(2-6)7-4(8)9/h3,7H,1-2,5-6H2,(H,8,9). The van der Waals surface area contributed by atoms with Crippen molar-refractivity contribution in [2.75, 3.05) is 13.1 Å². The van der Waals surface area contributed by atoms with Gasteiger partial charge in [-0.15, -0.1) is 0 Å². The summed E-state index contributed by atoms with van der Waals surface area (Å²) in [5.41, 5.74) is 10.3. The van der Waals surface area contributed by atoms with E-state index in [1.54, 1.807) is 0 Å². The van der Waals surface area contributed by atoms with Crippen molar-refractivity contribution >= 4 is 6.09 Å². The van der Waals surface area contributed by atoms with E-state index in [9.17, 15) is 4.79 Å². The minimum Gasteiger partial charge on any atom is -0.465 e. The average molecular weight is 133 g/mol. The molecule has 0 aliphatic carbocycles. The number of nitrogens with two attached hydrogens (primary N) is 2. The molecule has 9 heavy (non-hydrogen) atoms. The van der Waals surface area contributed by atoms with E-state index < -0.39 is 6.09 Å². The smallest absolute Gasteiger partial charge is 0.404 e. The first-order valence-corrected chi connectivity index (χ1v) is 2.60. The Morgan fingerprint density at radius 1 is 1.56 bits per heavy atom. The van der Waals surface area contributed by atoms with Crippen molar-refractivity contribution in [2.24, 2.45) is 11.5 Å². The van der Waals surface area contributed by atoms with Crippen LogP contribution in [0.4, 0.5) is 4.79 Å². The Labute approximate surface area is 53.0 Å². The average Bonchev–Trinajstić information content (AvgIpc) is 1.82. The lowest BCUT2D eigenvalue weighted by atomic mass is 10.3. The first kappa shape index (κ1) is 8.19. The molecule has 0 unspecified atom stereocenters. The largest absolute Gasteiger partial charge is 0.465 e. The van der Waals surface area contributed by atoms with E-state index in [0.29, 0.717) is 0 Å². The fraction of sp³-hybridized carbons (Fsp3) is 0.750. The molecular weight excluding hydrogens is 122 g/mol. The van der Waals surface area contributed by atoms with E-state index in [1.165, 1.54) is 0 Å². The monoisotopic (exact) mass is 133 g/mol. The molecule has 54 valence electrons. The molecule has 0 heterocycles. The number of rotatable bonds is 3. The van der Waals surface area contributed by atoms with Crippen LogP contribution in [-0.2, 0) is 0 Å². The van der Waals surface area contributed by atoms with E-state index in [4.69, 9.17) is 16.6 Å². The van der Waals surface area contributed by atoms with E-state index in [0.717, 1.165) is 0 Å². The van der Waals surface area contributed by atoms with Crippen molar-refractivity contribution in [1.82, 2.24) is 5.32 Å². The Kier molecular flexibility index (Phi) is 3.74. The SMILES string of the molecule is NCC(CN)NC(=O)O. The molecule has 0 saturated heterocycles. The predicted octanol–water partition coefficient (Wildman–Crippen LogP) is -1.46. The van der Waals surface area contributed by atoms with Gasteiger partial charge >= 0.3 is 6.09 Å². The Hall–Kier alpha value is -0.810. The van der Waals surface area contributed by atoms with Crippen molar-refractivity contribution in [3.05, 3.63) is 0 Å². The van der Waals surface area contributed by atoms with Crippen molar-refractivity contribution in [3.8, 4) is 0 Å². The van der Waals surface area contributed by atoms with E-state index in [1.807, 2.05) is 0 Å². The summed E-state index contributed by atoms with van der Waals surface area (Å²) in [4.78, 5) is 9.91. The summed E-state index contributed by atoms with van der Waals surface area (Å²) in [7, 11) is 0. The van der Waals surface area contributed by atoms with Gasteiger partial charge in [-0.1, -0.05) is 0 Å². The molecule has 0 bridgehead atoms. The fourth-order valence-corrected chi connectivity index (χ4v) is 0.389. The highest BCUT2D eigenvalue weighted by atomic mass is 16.4. The molecule has 0 aromatic carbocycles. The zero-order chi connectivity index (χ0) is 7.28. The predicted molar refractivity (Wildman–Crippen MR) is 33.1 cm³/mol. The van der Waals surface area contributed by atoms with Gasteiger partial charge in [-0.2, -0.15) is 0 Å². The van der Waals surface area contributed by atoms with E-state index in [2.05, 4.69) is 5.32 Å². The first-order valence-electron chi connectivity index (χ1n) is 2.60. The lowest BCUT2D eigenvalue weighted by Crippen LogP contribution is -2.44. The van der Waals surface area contributed by atoms with Crippen molar-refractivity contribution < 1.29 is 9.90 Å². The Morgan fingerprint density at radius 3 is 2.11 bits per heavy atom. The van der Waals surface area contributed by atoms with Crippen LogP contribution in [0, 0.1) is 0 Å². The van der Waals surface area contributed by atoms with E-state index >= 15 is 0 Å². The number of nitrogens with one attached hydrogen (secondary N) is 1. The van der Waals surface area contributed by atoms with Crippen LogP contribution < -0.4 is 16.8 Å². The van der Waals surface area contributed by atoms with Gasteiger partial charge in [0.1, 0.15) is 0 Å². The summed E-state index contributed by atoms with van der Waals surface area (Å²) in [6, 6.07) is -0.317. The molecule has 5 nitrogen and oxygen atoms in total. The maximum Gasteiger partial charge on any atom is 0.404 e. The quantitative estimate of drug-likeness (QED) is 0.378. The van der Waals surface area contributed by atoms with Crippen LogP contribution in [0.5, 0.6) is 0 Å². The van der Waals surface area contributed by atoms with Crippen LogP contribution in [-0.4, -0.2) is 30.3 Å². The molecular formula is C4H11N3O2. The van der Waals surface area contributed by atoms with Gasteiger partial charge in [0.15, 0.2) is 0 Å². The second-order valence-electron chi connectivity index (χ2n) is 1.62. The number of amides is 1. The lowest BCUT2D eigenvalue weighted by Gasteiger charge is -2.10. The normalized spacial score (nSPS) is 9.67. The molecule has 0 fully saturated rings. The maximum absolute atomic E-state index is 9.91. The third kappa shape index (κ3) is 3.75. The summed E-state index contributed by atoms with van der Waals surface area (Å²) >= 11 is 0. The molecule has 0 aliphatic rings. The Morgan fingerprint density at radius 2 is 2.00 bits per heavy atom. The fourth-order valence-electron chi connectivity index (χ4n) is 0.389. The zero-order valence-corrected chi connectivity index (χ0v) is 5.00. The third-order valence-corrected chi connectivity index (χ3v) is 0.897. The van der Waals surface area contributed by atoms with Crippen molar-refractivity contribution in [1.29, 1.82) is 0 Å². The minimum absolute atomic E-state index is 0.239. The Balaban J connectivity index is 3.43. The Bertz CT molecular complexity index is 91.8. The highest BCUT2D eigenvalue weighted by molar-refractivity contribution is 5.64. The summed E-state index contributed by atoms with van der Waals surface area (Å²) in [6.07, 6.45) is -1.09. The number of carboxylic acid groups (broad SMARTS) is 1. The summed E-state index contributed by atoms with van der Waals surface area (Å²) in [5.74, 6) is 0. The van der Waals surface area contributed by atoms with Crippen LogP contribution in [0.1, 0.15) is 0 Å². The molecule has 0 aromatic rings. The van der Waals surface area contributed by atoms with Gasteiger partial charge < -0.3 is 21.9 Å². The van der Waals surface area contributed by atoms with Gasteiger partial charge in [0.2, 0.25) is 0 Å². The summed E-state index contributed by atoms with van der Waals surface area (Å²) in [5, 5.41) is 10.3. The number of carbonyl (C=O) groups is 1. The first-order chi connectivity index (χ1) is 4.20. The second-order valence-corrected chi connectivity index (χ2v) is 1.62. The number of hydrogen-bond donors (Lipinski definition) is 4. The maximum atomic E-state index is 9.91. The summed E-state index contributed by atoms with van der Waals surface area (Å²) < 4.78 is 0. The van der Waals surface area contributed by atoms with Gasteiger partial charge in [-0.05, 0) is 0 Å². The topological polar surface area (TPSA) is 101 Å². The molecule has 0 aliphatic heterocycles. The molecule has 6 N–H and O–H groups in total. The second kappa shape index (κ2) is 4.11. The molecule has 1 amide bonds. The molecule has 0 saturated carbocycles. The van der Waals surface area contributed by atoms with Gasteiger partial charge in [0.05, 0.1) is 6.04 Å². The van der Waals surface area contributed by atoms with Gasteiger partial charge in [0, 0.05) is 13.1 Å². The highest BCUT2D eigenvalue weighted by Crippen LogP contribution is 1.73. The third-order valence-electron chi connectivity index (χ3n) is 0.897. The van der Waals surface area contributed by atoms with Gasteiger partial charge in [-0.25, -0.2) is 4.79 Å². The molecule has 0 aromatic heterocycles. The van der Waals surface area contributed by atoms with Crippen molar-refractivity contribution in [2.45, 2.75) is 6.04 Å². The molecule has 0 spiro atoms. The molecule has 0 rings (SSSR count). The molecule has 0 atom stereocenters. The van der Waals surface area contributed by atoms with E-state index in [-0.39, 0.29) is 19.1 Å². The van der Waals surface area contributed by atoms with Gasteiger partial charge in [-0.3, -0.25) is 0 Å². The highest BCUT2D eigenvalue weighted by Gasteiger charge is 2.04. The van der Waals surface area contributed by atoms with Crippen LogP contribution in [0.15, 0.2) is 0 Å². The molecule has 5 heteroatoms. The van der Waals surface area contributed by atoms with Gasteiger partial charge in [0.25, 0.3) is 0 Å². The summed E-state index contributed by atoms with van der Waals surface area (Å²) in [6.45, 7) is 0.478. The van der Waals surface area contributed by atoms with Crippen LogP contribution >= 0.6 is 0 Å². The van der Waals surface area contributed by atoms with Crippen molar-refractivity contribution in [3.63, 3.8) is 0 Å². The zero-order valence-electron chi connectivity index (χ0n) is 5.00. The molecule has 0 radical (unpaired) electrons. The van der Waals surface area contributed by atoms with Crippen LogP contribution in [0.25, 0.3) is 0 Å². The number of hydrogen-bond acceptors (Lipinski definition) is 3. The lowest BCUT2D eigenvalue weighted by molar-refractivity contribution is 0.190. The van der Waals surface area contributed by atoms with Crippen LogP contribution in [0.2, 0.25) is 0 Å². The minimum atomic E-state index is -1.09.